The van der Waals surface area contributed by atoms with Gasteiger partial charge in [0.05, 0.1) is 11.1 Å². The van der Waals surface area contributed by atoms with Crippen molar-refractivity contribution in [2.45, 2.75) is 116 Å². The Morgan fingerprint density at radius 3 is 2.17 bits per heavy atom. The van der Waals surface area contributed by atoms with Gasteiger partial charge >= 0.3 is 0 Å². The lowest BCUT2D eigenvalue weighted by Crippen LogP contribution is -2.40. The van der Waals surface area contributed by atoms with Crippen molar-refractivity contribution in [2.24, 2.45) is 11.8 Å². The van der Waals surface area contributed by atoms with Crippen molar-refractivity contribution < 1.29 is 0 Å². The van der Waals surface area contributed by atoms with Gasteiger partial charge < -0.3 is 0 Å². The Hall–Kier alpha value is -1.80. The molecule has 0 atom stereocenters. The van der Waals surface area contributed by atoms with Crippen molar-refractivity contribution in [3.63, 3.8) is 0 Å². The molecule has 0 saturated heterocycles. The molecule has 2 aliphatic rings. The second-order valence-electron chi connectivity index (χ2n) is 10.0. The molecule has 2 nitrogen and oxygen atoms in total. The molecule has 30 heavy (non-hydrogen) atoms. The summed E-state index contributed by atoms with van der Waals surface area (Å²) in [4.78, 5) is 0. The number of hydrogen-bond donors (Lipinski definition) is 0. The number of unbranched alkanes of at least 4 members (excludes halogenated alkanes) is 4. The van der Waals surface area contributed by atoms with Gasteiger partial charge in [0.2, 0.25) is 0 Å². The normalized spacial score (nSPS) is 23.5. The third-order valence-corrected chi connectivity index (χ3v) is 8.26. The highest BCUT2D eigenvalue weighted by molar-refractivity contribution is 5.56. The molecule has 3 rings (SSSR count). The zero-order chi connectivity index (χ0) is 21.4. The van der Waals surface area contributed by atoms with Gasteiger partial charge in [0, 0.05) is 0 Å². The van der Waals surface area contributed by atoms with Crippen molar-refractivity contribution in [1.29, 1.82) is 10.5 Å². The molecule has 0 heterocycles. The van der Waals surface area contributed by atoms with Crippen LogP contribution >= 0.6 is 0 Å². The molecule has 1 aromatic rings. The van der Waals surface area contributed by atoms with E-state index < -0.39 is 0 Å². The molecule has 2 saturated carbocycles. The third kappa shape index (κ3) is 4.91. The molecule has 0 radical (unpaired) electrons. The molecule has 0 N–H and O–H groups in total. The molecule has 0 bridgehead atoms. The number of rotatable bonds is 8. The summed E-state index contributed by atoms with van der Waals surface area (Å²) >= 11 is 0. The van der Waals surface area contributed by atoms with E-state index in [-0.39, 0.29) is 5.41 Å². The molecule has 1 aromatic carbocycles. The molecule has 2 fully saturated rings. The SMILES string of the molecule is CCCCCCCC1CCC(C2(c3ccc(C)c(C#N)c3C#N)CCCCC2)CC1. The fourth-order valence-electron chi connectivity index (χ4n) is 6.50. The van der Waals surface area contributed by atoms with Crippen LogP contribution in [0.1, 0.15) is 125 Å². The van der Waals surface area contributed by atoms with E-state index in [1.54, 1.807) is 0 Å². The van der Waals surface area contributed by atoms with Crippen LogP contribution in [0.15, 0.2) is 12.1 Å². The van der Waals surface area contributed by atoms with Crippen LogP contribution in [0.25, 0.3) is 0 Å². The van der Waals surface area contributed by atoms with Crippen LogP contribution in [-0.2, 0) is 5.41 Å². The molecule has 0 unspecified atom stereocenters. The lowest BCUT2D eigenvalue weighted by molar-refractivity contribution is 0.124. The molecule has 0 amide bonds. The average Bonchev–Trinajstić information content (AvgIpc) is 2.79. The third-order valence-electron chi connectivity index (χ3n) is 8.26. The summed E-state index contributed by atoms with van der Waals surface area (Å²) < 4.78 is 0. The summed E-state index contributed by atoms with van der Waals surface area (Å²) in [5, 5.41) is 19.7. The zero-order valence-corrected chi connectivity index (χ0v) is 19.3. The Morgan fingerprint density at radius 2 is 1.53 bits per heavy atom. The monoisotopic (exact) mass is 404 g/mol. The summed E-state index contributed by atoms with van der Waals surface area (Å²) in [7, 11) is 0. The Bertz CT molecular complexity index is 765. The van der Waals surface area contributed by atoms with E-state index in [4.69, 9.17) is 0 Å². The smallest absolute Gasteiger partial charge is 0.101 e. The van der Waals surface area contributed by atoms with Crippen molar-refractivity contribution in [2.75, 3.05) is 0 Å². The highest BCUT2D eigenvalue weighted by Gasteiger charge is 2.44. The van der Waals surface area contributed by atoms with Gasteiger partial charge in [-0.1, -0.05) is 89.7 Å². The molecule has 0 spiro atoms. The lowest BCUT2D eigenvalue weighted by Gasteiger charge is -2.47. The first-order chi connectivity index (χ1) is 14.7. The Labute approximate surface area is 184 Å². The zero-order valence-electron chi connectivity index (χ0n) is 19.3. The van der Waals surface area contributed by atoms with Crippen molar-refractivity contribution in [1.82, 2.24) is 0 Å². The number of aryl methyl sites for hydroxylation is 1. The molecule has 0 aromatic heterocycles. The first-order valence-electron chi connectivity index (χ1n) is 12.6. The Morgan fingerprint density at radius 1 is 0.867 bits per heavy atom. The summed E-state index contributed by atoms with van der Waals surface area (Å²) in [5.74, 6) is 1.59. The molecule has 2 heteroatoms. The second-order valence-corrected chi connectivity index (χ2v) is 10.0. The van der Waals surface area contributed by atoms with Crippen LogP contribution in [0, 0.1) is 41.4 Å². The summed E-state index contributed by atoms with van der Waals surface area (Å²) in [6, 6.07) is 9.08. The first-order valence-corrected chi connectivity index (χ1v) is 12.6. The lowest BCUT2D eigenvalue weighted by atomic mass is 9.56. The van der Waals surface area contributed by atoms with Gasteiger partial charge in [-0.3, -0.25) is 0 Å². The van der Waals surface area contributed by atoms with Gasteiger partial charge in [0.15, 0.2) is 0 Å². The van der Waals surface area contributed by atoms with Crippen LogP contribution in [0.4, 0.5) is 0 Å². The second kappa shape index (κ2) is 11.0. The molecule has 0 aliphatic heterocycles. The van der Waals surface area contributed by atoms with Gasteiger partial charge in [-0.05, 0) is 61.0 Å². The number of nitriles is 2. The van der Waals surface area contributed by atoms with Crippen LogP contribution in [0.5, 0.6) is 0 Å². The minimum Gasteiger partial charge on any atom is -0.192 e. The van der Waals surface area contributed by atoms with E-state index in [1.807, 2.05) is 6.92 Å². The highest BCUT2D eigenvalue weighted by atomic mass is 14.5. The summed E-state index contributed by atoms with van der Waals surface area (Å²) in [6.45, 7) is 4.25. The minimum absolute atomic E-state index is 0.120. The quantitative estimate of drug-likeness (QED) is 0.411. The van der Waals surface area contributed by atoms with Gasteiger partial charge in [0.1, 0.15) is 12.1 Å². The van der Waals surface area contributed by atoms with Gasteiger partial charge in [-0.25, -0.2) is 0 Å². The Kier molecular flexibility index (Phi) is 8.39. The maximum Gasteiger partial charge on any atom is 0.101 e. The van der Waals surface area contributed by atoms with Gasteiger partial charge in [0.25, 0.3) is 0 Å². The maximum atomic E-state index is 10.00. The number of benzene rings is 1. The van der Waals surface area contributed by atoms with E-state index in [2.05, 4.69) is 31.2 Å². The van der Waals surface area contributed by atoms with Gasteiger partial charge in [-0.15, -0.1) is 0 Å². The fourth-order valence-corrected chi connectivity index (χ4v) is 6.50. The van der Waals surface area contributed by atoms with Crippen molar-refractivity contribution in [3.05, 3.63) is 34.4 Å². The van der Waals surface area contributed by atoms with Gasteiger partial charge in [-0.2, -0.15) is 10.5 Å². The van der Waals surface area contributed by atoms with Crippen molar-refractivity contribution in [3.8, 4) is 12.1 Å². The average molecular weight is 405 g/mol. The van der Waals surface area contributed by atoms with E-state index >= 15 is 0 Å². The van der Waals surface area contributed by atoms with Crippen LogP contribution in [-0.4, -0.2) is 0 Å². The van der Waals surface area contributed by atoms with Crippen LogP contribution in [0.3, 0.4) is 0 Å². The standard InChI is InChI=1S/C28H40N2/c1-3-4-5-6-8-11-23-13-15-24(16-14-23)28(18-9-7-10-19-28)27-17-12-22(2)25(20-29)26(27)21-30/h12,17,23-24H,3-11,13-16,18-19H2,1-2H3. The predicted molar refractivity (Wildman–Crippen MR) is 124 cm³/mol. The highest BCUT2D eigenvalue weighted by Crippen LogP contribution is 2.52. The summed E-state index contributed by atoms with van der Waals surface area (Å²) in [6.07, 6.45) is 19.9. The largest absolute Gasteiger partial charge is 0.192 e. The molecule has 2 aliphatic carbocycles. The van der Waals surface area contributed by atoms with E-state index in [0.29, 0.717) is 17.0 Å². The number of hydrogen-bond acceptors (Lipinski definition) is 2. The first kappa shape index (κ1) is 22.9. The summed E-state index contributed by atoms with van der Waals surface area (Å²) in [5.41, 5.74) is 3.55. The fraction of sp³-hybridized carbons (Fsp3) is 0.714. The molecule has 162 valence electrons. The van der Waals surface area contributed by atoms with E-state index in [1.165, 1.54) is 102 Å². The molecular formula is C28H40N2. The Balaban J connectivity index is 1.75. The molecular weight excluding hydrogens is 364 g/mol. The maximum absolute atomic E-state index is 10.00. The van der Waals surface area contributed by atoms with Crippen LogP contribution in [0.2, 0.25) is 0 Å². The van der Waals surface area contributed by atoms with Crippen LogP contribution < -0.4 is 0 Å². The van der Waals surface area contributed by atoms with E-state index in [0.717, 1.165) is 11.5 Å². The predicted octanol–water partition coefficient (Wildman–Crippen LogP) is 8.11. The minimum atomic E-state index is 0.120. The topological polar surface area (TPSA) is 47.6 Å². The number of nitrogens with zero attached hydrogens (tertiary/aromatic N) is 2. The van der Waals surface area contributed by atoms with E-state index in [9.17, 15) is 10.5 Å². The van der Waals surface area contributed by atoms with Crippen molar-refractivity contribution >= 4 is 0 Å².